The summed E-state index contributed by atoms with van der Waals surface area (Å²) in [5.74, 6) is -0.171. The predicted molar refractivity (Wildman–Crippen MR) is 68.9 cm³/mol. The van der Waals surface area contributed by atoms with Gasteiger partial charge in [0.15, 0.2) is 0 Å². The van der Waals surface area contributed by atoms with E-state index in [1.54, 1.807) is 33.2 Å². The summed E-state index contributed by atoms with van der Waals surface area (Å²) in [6, 6.07) is 1.51. The van der Waals surface area contributed by atoms with Crippen LogP contribution in [0.1, 0.15) is 19.4 Å². The Balaban J connectivity index is 2.64. The first-order valence-corrected chi connectivity index (χ1v) is 5.57. The molecule has 0 saturated heterocycles. The number of hydrogen-bond donors (Lipinski definition) is 2. The van der Waals surface area contributed by atoms with E-state index in [1.807, 2.05) is 0 Å². The molecule has 0 radical (unpaired) electrons. The normalized spacial score (nSPS) is 11.8. The second-order valence-corrected chi connectivity index (χ2v) is 4.82. The SMILES string of the molecule is CN(CC(C)(C)O)C(=O)/C=C/c1cncc(O)c1. The molecule has 0 aromatic carbocycles. The summed E-state index contributed by atoms with van der Waals surface area (Å²) in [5.41, 5.74) is -0.287. The van der Waals surface area contributed by atoms with Gasteiger partial charge in [-0.05, 0) is 31.6 Å². The van der Waals surface area contributed by atoms with Gasteiger partial charge in [0, 0.05) is 25.9 Å². The average molecular weight is 250 g/mol. The molecule has 0 fully saturated rings. The van der Waals surface area contributed by atoms with Crippen LogP contribution in [0.15, 0.2) is 24.5 Å². The Bertz CT molecular complexity index is 450. The molecule has 0 aliphatic rings. The standard InChI is InChI=1S/C13H18N2O3/c1-13(2,18)9-15(3)12(17)5-4-10-6-11(16)8-14-7-10/h4-8,16,18H,9H2,1-3H3/b5-4+. The molecule has 2 N–H and O–H groups in total. The highest BCUT2D eigenvalue weighted by atomic mass is 16.3. The molecule has 0 aliphatic heterocycles. The molecule has 1 aromatic rings. The van der Waals surface area contributed by atoms with E-state index in [0.717, 1.165) is 0 Å². The third kappa shape index (κ3) is 4.97. The quantitative estimate of drug-likeness (QED) is 0.783. The van der Waals surface area contributed by atoms with Crippen LogP contribution in [0.2, 0.25) is 0 Å². The highest BCUT2D eigenvalue weighted by Crippen LogP contribution is 2.10. The van der Waals surface area contributed by atoms with Gasteiger partial charge in [-0.2, -0.15) is 0 Å². The fraction of sp³-hybridized carbons (Fsp3) is 0.385. The van der Waals surface area contributed by atoms with Crippen molar-refractivity contribution in [2.75, 3.05) is 13.6 Å². The number of aromatic hydroxyl groups is 1. The Kier molecular flexibility index (Phi) is 4.44. The molecule has 1 rings (SSSR count). The number of pyridine rings is 1. The zero-order valence-corrected chi connectivity index (χ0v) is 10.8. The van der Waals surface area contributed by atoms with Gasteiger partial charge in [0.25, 0.3) is 0 Å². The number of likely N-dealkylation sites (N-methyl/N-ethyl adjacent to an activating group) is 1. The van der Waals surface area contributed by atoms with Crippen LogP contribution in [0.3, 0.4) is 0 Å². The minimum atomic E-state index is -0.926. The average Bonchev–Trinajstić information content (AvgIpc) is 2.23. The van der Waals surface area contributed by atoms with Gasteiger partial charge < -0.3 is 15.1 Å². The van der Waals surface area contributed by atoms with E-state index in [-0.39, 0.29) is 18.2 Å². The number of aromatic nitrogens is 1. The lowest BCUT2D eigenvalue weighted by Crippen LogP contribution is -2.38. The molecule has 0 atom stereocenters. The first-order chi connectivity index (χ1) is 8.28. The third-order valence-electron chi connectivity index (χ3n) is 2.16. The van der Waals surface area contributed by atoms with Gasteiger partial charge in [-0.15, -0.1) is 0 Å². The first kappa shape index (κ1) is 14.2. The largest absolute Gasteiger partial charge is 0.506 e. The van der Waals surface area contributed by atoms with Gasteiger partial charge in [0.1, 0.15) is 5.75 Å². The van der Waals surface area contributed by atoms with Crippen LogP contribution in [-0.2, 0) is 4.79 Å². The molecule has 0 saturated carbocycles. The minimum absolute atomic E-state index is 0.0504. The first-order valence-electron chi connectivity index (χ1n) is 5.57. The molecule has 5 nitrogen and oxygen atoms in total. The van der Waals surface area contributed by atoms with Gasteiger partial charge in [0.2, 0.25) is 5.91 Å². The smallest absolute Gasteiger partial charge is 0.246 e. The number of nitrogens with zero attached hydrogens (tertiary/aromatic N) is 2. The molecule has 1 aromatic heterocycles. The van der Waals surface area contributed by atoms with Crippen molar-refractivity contribution in [2.24, 2.45) is 0 Å². The Morgan fingerprint density at radius 2 is 2.17 bits per heavy atom. The monoisotopic (exact) mass is 250 g/mol. The van der Waals surface area contributed by atoms with E-state index in [9.17, 15) is 15.0 Å². The van der Waals surface area contributed by atoms with Crippen LogP contribution in [0.5, 0.6) is 5.75 Å². The number of amides is 1. The fourth-order valence-corrected chi connectivity index (χ4v) is 1.49. The van der Waals surface area contributed by atoms with Crippen LogP contribution in [0.4, 0.5) is 0 Å². The maximum Gasteiger partial charge on any atom is 0.246 e. The van der Waals surface area contributed by atoms with Crippen LogP contribution in [0.25, 0.3) is 6.08 Å². The Morgan fingerprint density at radius 1 is 1.50 bits per heavy atom. The Hall–Kier alpha value is -1.88. The number of rotatable bonds is 4. The second-order valence-electron chi connectivity index (χ2n) is 4.82. The molecule has 1 amide bonds. The van der Waals surface area contributed by atoms with Crippen molar-refractivity contribution in [1.82, 2.24) is 9.88 Å². The van der Waals surface area contributed by atoms with E-state index in [4.69, 9.17) is 0 Å². The molecular formula is C13H18N2O3. The Morgan fingerprint density at radius 3 is 2.72 bits per heavy atom. The van der Waals surface area contributed by atoms with Gasteiger partial charge in [-0.1, -0.05) is 0 Å². The van der Waals surface area contributed by atoms with Crippen molar-refractivity contribution < 1.29 is 15.0 Å². The number of hydrogen-bond acceptors (Lipinski definition) is 4. The molecule has 0 spiro atoms. The van der Waals surface area contributed by atoms with Crippen LogP contribution in [0, 0.1) is 0 Å². The summed E-state index contributed by atoms with van der Waals surface area (Å²) in [4.78, 5) is 16.9. The molecule has 5 heteroatoms. The summed E-state index contributed by atoms with van der Waals surface area (Å²) in [7, 11) is 1.62. The molecule has 1 heterocycles. The highest BCUT2D eigenvalue weighted by Gasteiger charge is 2.17. The van der Waals surface area contributed by atoms with E-state index in [0.29, 0.717) is 5.56 Å². The molecule has 98 valence electrons. The lowest BCUT2D eigenvalue weighted by molar-refractivity contribution is -0.127. The van der Waals surface area contributed by atoms with Crippen molar-refractivity contribution in [3.8, 4) is 5.75 Å². The fourth-order valence-electron chi connectivity index (χ4n) is 1.49. The van der Waals surface area contributed by atoms with E-state index < -0.39 is 5.60 Å². The Labute approximate surface area is 106 Å². The van der Waals surface area contributed by atoms with Gasteiger partial charge in [-0.25, -0.2) is 0 Å². The lowest BCUT2D eigenvalue weighted by atomic mass is 10.1. The van der Waals surface area contributed by atoms with Crippen LogP contribution >= 0.6 is 0 Å². The van der Waals surface area contributed by atoms with E-state index >= 15 is 0 Å². The van der Waals surface area contributed by atoms with Gasteiger partial charge in [0.05, 0.1) is 11.8 Å². The maximum atomic E-state index is 11.7. The second kappa shape index (κ2) is 5.64. The number of carbonyl (C=O) groups is 1. The number of carbonyl (C=O) groups excluding carboxylic acids is 1. The molecule has 18 heavy (non-hydrogen) atoms. The topological polar surface area (TPSA) is 73.7 Å². The lowest BCUT2D eigenvalue weighted by Gasteiger charge is -2.24. The van der Waals surface area contributed by atoms with Crippen molar-refractivity contribution >= 4 is 12.0 Å². The van der Waals surface area contributed by atoms with Crippen molar-refractivity contribution in [3.05, 3.63) is 30.1 Å². The molecule has 0 bridgehead atoms. The van der Waals surface area contributed by atoms with Crippen LogP contribution < -0.4 is 0 Å². The molecule has 0 aliphatic carbocycles. The predicted octanol–water partition coefficient (Wildman–Crippen LogP) is 1.03. The highest BCUT2D eigenvalue weighted by molar-refractivity contribution is 5.91. The molecule has 0 unspecified atom stereocenters. The zero-order valence-electron chi connectivity index (χ0n) is 10.8. The maximum absolute atomic E-state index is 11.7. The summed E-state index contributed by atoms with van der Waals surface area (Å²) < 4.78 is 0. The van der Waals surface area contributed by atoms with E-state index in [2.05, 4.69) is 4.98 Å². The molecular weight excluding hydrogens is 232 g/mol. The summed E-state index contributed by atoms with van der Waals surface area (Å²) in [6.45, 7) is 3.52. The van der Waals surface area contributed by atoms with Crippen molar-refractivity contribution in [3.63, 3.8) is 0 Å². The van der Waals surface area contributed by atoms with Gasteiger partial charge in [-0.3, -0.25) is 9.78 Å². The minimum Gasteiger partial charge on any atom is -0.506 e. The van der Waals surface area contributed by atoms with Crippen LogP contribution in [-0.4, -0.2) is 45.2 Å². The zero-order chi connectivity index (χ0) is 13.8. The third-order valence-corrected chi connectivity index (χ3v) is 2.16. The van der Waals surface area contributed by atoms with Gasteiger partial charge >= 0.3 is 0 Å². The number of aliphatic hydroxyl groups is 1. The summed E-state index contributed by atoms with van der Waals surface area (Å²) in [5, 5.41) is 18.8. The summed E-state index contributed by atoms with van der Waals surface area (Å²) in [6.07, 6.45) is 5.80. The van der Waals surface area contributed by atoms with E-state index in [1.165, 1.54) is 23.2 Å². The summed E-state index contributed by atoms with van der Waals surface area (Å²) >= 11 is 0. The van der Waals surface area contributed by atoms with Crippen molar-refractivity contribution in [1.29, 1.82) is 0 Å². The van der Waals surface area contributed by atoms with Crippen molar-refractivity contribution in [2.45, 2.75) is 19.4 Å².